The van der Waals surface area contributed by atoms with Crippen LogP contribution in [-0.2, 0) is 11.8 Å². The van der Waals surface area contributed by atoms with E-state index in [-0.39, 0.29) is 11.8 Å². The van der Waals surface area contributed by atoms with E-state index >= 15 is 0 Å². The van der Waals surface area contributed by atoms with Crippen molar-refractivity contribution in [3.8, 4) is 0 Å². The second-order valence-corrected chi connectivity index (χ2v) is 6.16. The number of likely N-dealkylation sites (tertiary alicyclic amines) is 1. The molecule has 1 saturated heterocycles. The van der Waals surface area contributed by atoms with Crippen molar-refractivity contribution in [3.05, 3.63) is 42.1 Å². The molecule has 0 N–H and O–H groups in total. The summed E-state index contributed by atoms with van der Waals surface area (Å²) in [5, 5.41) is 4.24. The lowest BCUT2D eigenvalue weighted by atomic mass is 9.93. The maximum Gasteiger partial charge on any atom is 0.223 e. The third-order valence-electron chi connectivity index (χ3n) is 4.63. The molecule has 1 aliphatic rings. The number of piperidine rings is 1. The quantitative estimate of drug-likeness (QED) is 0.872. The Labute approximate surface area is 130 Å². The largest absolute Gasteiger partial charge is 0.469 e. The molecule has 1 unspecified atom stereocenters. The fourth-order valence-corrected chi connectivity index (χ4v) is 3.27. The van der Waals surface area contributed by atoms with E-state index in [1.165, 1.54) is 5.69 Å². The molecule has 22 heavy (non-hydrogen) atoms. The van der Waals surface area contributed by atoms with Crippen LogP contribution in [0.1, 0.15) is 49.5 Å². The van der Waals surface area contributed by atoms with Gasteiger partial charge in [0.2, 0.25) is 5.91 Å². The predicted molar refractivity (Wildman–Crippen MR) is 83.5 cm³/mol. The maximum atomic E-state index is 12.4. The highest BCUT2D eigenvalue weighted by molar-refractivity contribution is 5.77. The predicted octanol–water partition coefficient (Wildman–Crippen LogP) is 2.91. The number of hydrogen-bond acceptors (Lipinski definition) is 3. The zero-order chi connectivity index (χ0) is 15.5. The molecule has 2 aromatic rings. The summed E-state index contributed by atoms with van der Waals surface area (Å²) in [6.07, 6.45) is 6.05. The van der Waals surface area contributed by atoms with Crippen LogP contribution in [0.2, 0.25) is 0 Å². The highest BCUT2D eigenvalue weighted by Crippen LogP contribution is 2.28. The van der Waals surface area contributed by atoms with Crippen molar-refractivity contribution in [2.45, 2.75) is 38.0 Å². The zero-order valence-corrected chi connectivity index (χ0v) is 13.2. The molecule has 5 nitrogen and oxygen atoms in total. The molecular formula is C17H23N3O2. The Morgan fingerprint density at radius 3 is 2.77 bits per heavy atom. The van der Waals surface area contributed by atoms with Gasteiger partial charge in [-0.05, 0) is 31.0 Å². The summed E-state index contributed by atoms with van der Waals surface area (Å²) in [6, 6.07) is 5.89. The molecule has 0 aromatic carbocycles. The third-order valence-corrected chi connectivity index (χ3v) is 4.63. The Balaban J connectivity index is 1.53. The van der Waals surface area contributed by atoms with Gasteiger partial charge in [-0.2, -0.15) is 5.10 Å². The molecule has 1 fully saturated rings. The Kier molecular flexibility index (Phi) is 4.32. The minimum Gasteiger partial charge on any atom is -0.469 e. The maximum absolute atomic E-state index is 12.4. The van der Waals surface area contributed by atoms with Gasteiger partial charge in [0.25, 0.3) is 0 Å². The zero-order valence-electron chi connectivity index (χ0n) is 13.2. The smallest absolute Gasteiger partial charge is 0.223 e. The minimum absolute atomic E-state index is 0.136. The molecule has 1 aliphatic heterocycles. The number of carbonyl (C=O) groups is 1. The number of aryl methyl sites for hydroxylation is 1. The Bertz CT molecular complexity index is 610. The normalized spacial score (nSPS) is 17.6. The molecule has 118 valence electrons. The average molecular weight is 301 g/mol. The van der Waals surface area contributed by atoms with E-state index in [4.69, 9.17) is 4.42 Å². The van der Waals surface area contributed by atoms with E-state index in [2.05, 4.69) is 11.2 Å². The summed E-state index contributed by atoms with van der Waals surface area (Å²) < 4.78 is 7.33. The van der Waals surface area contributed by atoms with Crippen LogP contribution in [0.25, 0.3) is 0 Å². The molecule has 2 aromatic heterocycles. The van der Waals surface area contributed by atoms with Crippen LogP contribution in [0, 0.1) is 0 Å². The Morgan fingerprint density at radius 1 is 1.41 bits per heavy atom. The Hall–Kier alpha value is -2.04. The molecule has 3 rings (SSSR count). The first kappa shape index (κ1) is 14.9. The van der Waals surface area contributed by atoms with Gasteiger partial charge < -0.3 is 9.32 Å². The van der Waals surface area contributed by atoms with Crippen LogP contribution in [0.5, 0.6) is 0 Å². The van der Waals surface area contributed by atoms with Crippen molar-refractivity contribution in [1.82, 2.24) is 14.7 Å². The molecule has 1 atom stereocenters. The van der Waals surface area contributed by atoms with Crippen molar-refractivity contribution in [2.24, 2.45) is 7.05 Å². The molecule has 0 saturated carbocycles. The van der Waals surface area contributed by atoms with Crippen LogP contribution in [0.4, 0.5) is 0 Å². The highest BCUT2D eigenvalue weighted by atomic mass is 16.3. The van der Waals surface area contributed by atoms with Gasteiger partial charge in [0.05, 0.1) is 6.26 Å². The molecule has 5 heteroatoms. The number of nitrogens with zero attached hydrogens (tertiary/aromatic N) is 3. The first-order valence-electron chi connectivity index (χ1n) is 7.94. The number of carbonyl (C=O) groups excluding carboxylic acids is 1. The van der Waals surface area contributed by atoms with E-state index in [0.29, 0.717) is 12.3 Å². The fraction of sp³-hybridized carbons (Fsp3) is 0.529. The van der Waals surface area contributed by atoms with Gasteiger partial charge in [-0.3, -0.25) is 9.48 Å². The summed E-state index contributed by atoms with van der Waals surface area (Å²) in [5.41, 5.74) is 1.27. The fourth-order valence-electron chi connectivity index (χ4n) is 3.27. The summed E-state index contributed by atoms with van der Waals surface area (Å²) >= 11 is 0. The van der Waals surface area contributed by atoms with Crippen LogP contribution < -0.4 is 0 Å². The van der Waals surface area contributed by atoms with Crippen LogP contribution in [-0.4, -0.2) is 33.7 Å². The topological polar surface area (TPSA) is 51.3 Å². The van der Waals surface area contributed by atoms with E-state index in [1.54, 1.807) is 6.26 Å². The van der Waals surface area contributed by atoms with Gasteiger partial charge in [-0.1, -0.05) is 6.92 Å². The summed E-state index contributed by atoms with van der Waals surface area (Å²) in [7, 11) is 1.98. The number of amides is 1. The molecule has 3 heterocycles. The SMILES string of the molecule is CC(CC(=O)N1CCC(c2ccnn2C)CC1)c1ccco1. The third kappa shape index (κ3) is 3.08. The molecule has 0 radical (unpaired) electrons. The molecular weight excluding hydrogens is 278 g/mol. The van der Waals surface area contributed by atoms with Crippen LogP contribution in [0.3, 0.4) is 0 Å². The molecule has 0 bridgehead atoms. The van der Waals surface area contributed by atoms with E-state index < -0.39 is 0 Å². The summed E-state index contributed by atoms with van der Waals surface area (Å²) in [4.78, 5) is 14.4. The van der Waals surface area contributed by atoms with Gasteiger partial charge in [0, 0.05) is 50.3 Å². The average Bonchev–Trinajstić information content (AvgIpc) is 3.18. The standard InChI is InChI=1S/C17H23N3O2/c1-13(16-4-3-11-22-16)12-17(21)20-9-6-14(7-10-20)15-5-8-18-19(15)2/h3-5,8,11,13-14H,6-7,9-10,12H2,1-2H3. The summed E-state index contributed by atoms with van der Waals surface area (Å²) in [5.74, 6) is 1.77. The van der Waals surface area contributed by atoms with Crippen molar-refractivity contribution in [3.63, 3.8) is 0 Å². The minimum atomic E-state index is 0.136. The number of hydrogen-bond donors (Lipinski definition) is 0. The van der Waals surface area contributed by atoms with Crippen molar-refractivity contribution in [2.75, 3.05) is 13.1 Å². The van der Waals surface area contributed by atoms with E-state index in [1.807, 2.05) is 41.9 Å². The van der Waals surface area contributed by atoms with E-state index in [9.17, 15) is 4.79 Å². The van der Waals surface area contributed by atoms with Crippen molar-refractivity contribution in [1.29, 1.82) is 0 Å². The lowest BCUT2D eigenvalue weighted by molar-refractivity contribution is -0.132. The van der Waals surface area contributed by atoms with Crippen LogP contribution in [0.15, 0.2) is 35.1 Å². The molecule has 1 amide bonds. The first-order chi connectivity index (χ1) is 10.6. The highest BCUT2D eigenvalue weighted by Gasteiger charge is 2.26. The van der Waals surface area contributed by atoms with Gasteiger partial charge in [-0.15, -0.1) is 0 Å². The van der Waals surface area contributed by atoms with Gasteiger partial charge >= 0.3 is 0 Å². The van der Waals surface area contributed by atoms with Crippen molar-refractivity contribution >= 4 is 5.91 Å². The van der Waals surface area contributed by atoms with E-state index in [0.717, 1.165) is 31.7 Å². The van der Waals surface area contributed by atoms with Gasteiger partial charge in [-0.25, -0.2) is 0 Å². The van der Waals surface area contributed by atoms with Crippen LogP contribution >= 0.6 is 0 Å². The second-order valence-electron chi connectivity index (χ2n) is 6.16. The lowest BCUT2D eigenvalue weighted by Gasteiger charge is -2.32. The number of furan rings is 1. The number of aromatic nitrogens is 2. The monoisotopic (exact) mass is 301 g/mol. The lowest BCUT2D eigenvalue weighted by Crippen LogP contribution is -2.38. The molecule has 0 spiro atoms. The Morgan fingerprint density at radius 2 is 2.18 bits per heavy atom. The number of rotatable bonds is 4. The molecule has 0 aliphatic carbocycles. The van der Waals surface area contributed by atoms with Gasteiger partial charge in [0.1, 0.15) is 5.76 Å². The first-order valence-corrected chi connectivity index (χ1v) is 7.94. The second kappa shape index (κ2) is 6.38. The summed E-state index contributed by atoms with van der Waals surface area (Å²) in [6.45, 7) is 3.71. The van der Waals surface area contributed by atoms with Gasteiger partial charge in [0.15, 0.2) is 0 Å². The van der Waals surface area contributed by atoms with Crippen molar-refractivity contribution < 1.29 is 9.21 Å².